The Kier molecular flexibility index (Phi) is 14.9. The predicted molar refractivity (Wildman–Crippen MR) is 224 cm³/mol. The van der Waals surface area contributed by atoms with Crippen molar-refractivity contribution in [3.05, 3.63) is 77.6 Å². The fourth-order valence-corrected chi connectivity index (χ4v) is 9.17. The van der Waals surface area contributed by atoms with Gasteiger partial charge in [-0.05, 0) is 127 Å². The van der Waals surface area contributed by atoms with Crippen molar-refractivity contribution >= 4 is 11.9 Å². The van der Waals surface area contributed by atoms with E-state index in [1.807, 2.05) is 24.3 Å². The number of piperidine rings is 1. The van der Waals surface area contributed by atoms with Gasteiger partial charge in [-0.1, -0.05) is 64.0 Å². The quantitative estimate of drug-likeness (QED) is 0.0962. The van der Waals surface area contributed by atoms with E-state index in [4.69, 9.17) is 23.7 Å². The first-order chi connectivity index (χ1) is 26.9. The number of hydrogen-bond acceptors (Lipinski definition) is 8. The van der Waals surface area contributed by atoms with Crippen LogP contribution in [0.2, 0.25) is 0 Å². The van der Waals surface area contributed by atoms with Gasteiger partial charge in [0.1, 0.15) is 24.8 Å². The van der Waals surface area contributed by atoms with E-state index in [1.54, 1.807) is 19.9 Å². The lowest BCUT2D eigenvalue weighted by Gasteiger charge is -2.55. The van der Waals surface area contributed by atoms with Crippen molar-refractivity contribution in [1.29, 1.82) is 0 Å². The molecule has 5 rings (SSSR count). The Hall–Kier alpha value is -3.53. The fourth-order valence-electron chi connectivity index (χ4n) is 9.17. The molecule has 1 spiro atoms. The molecule has 1 saturated carbocycles. The minimum atomic E-state index is -0.806. The molecule has 2 heterocycles. The molecule has 314 valence electrons. The molecule has 0 unspecified atom stereocenters. The number of halogens is 1. The van der Waals surface area contributed by atoms with Crippen LogP contribution in [-0.4, -0.2) is 61.8 Å². The molecule has 1 aliphatic carbocycles. The Balaban J connectivity index is 1.34. The van der Waals surface area contributed by atoms with Gasteiger partial charge in [0, 0.05) is 40.6 Å². The largest absolute Gasteiger partial charge is 0.492 e. The van der Waals surface area contributed by atoms with Gasteiger partial charge in [0.15, 0.2) is 5.79 Å². The third kappa shape index (κ3) is 12.2. The number of unbranched alkanes of at least 4 members (excludes halogenated alkanes) is 2. The molecule has 2 aliphatic heterocycles. The molecule has 2 saturated heterocycles. The van der Waals surface area contributed by atoms with Crippen LogP contribution in [0.4, 0.5) is 4.39 Å². The Morgan fingerprint density at radius 3 is 2.11 bits per heavy atom. The standard InChI is InChI=1S/C48H68FNO7/c1-10-11-12-14-35-16-18-36(19-17-35)37-20-22-40(41(49)26-37)38-21-23-42(39(25-38)15-13-24-53-43(51)33(2)3)54-29-47(30-55-44(52)34(4)5)31-56-48(57-32-47)27-45(6,7)50-46(8,9)28-48/h20-23,25-26,35-36,50H,2,4,10-19,24,27-32H2,1,3,5-9H3. The Morgan fingerprint density at radius 2 is 1.49 bits per heavy atom. The number of carbonyl (C=O) groups is 2. The van der Waals surface area contributed by atoms with E-state index in [9.17, 15) is 9.59 Å². The van der Waals surface area contributed by atoms with Crippen LogP contribution < -0.4 is 10.1 Å². The second-order valence-corrected chi connectivity index (χ2v) is 18.7. The fraction of sp³-hybridized carbons (Fsp3) is 0.625. The van der Waals surface area contributed by atoms with E-state index in [1.165, 1.54) is 38.5 Å². The molecule has 0 amide bonds. The summed E-state index contributed by atoms with van der Waals surface area (Å²) in [6.07, 6.45) is 12.2. The number of hydrogen-bond donors (Lipinski definition) is 1. The first kappa shape index (κ1) is 44.6. The van der Waals surface area contributed by atoms with Crippen LogP contribution in [0.3, 0.4) is 0 Å². The van der Waals surface area contributed by atoms with E-state index in [0.717, 1.165) is 35.4 Å². The van der Waals surface area contributed by atoms with Gasteiger partial charge in [-0.15, -0.1) is 0 Å². The van der Waals surface area contributed by atoms with Crippen LogP contribution in [0, 0.1) is 17.2 Å². The second kappa shape index (κ2) is 19.0. The van der Waals surface area contributed by atoms with Crippen LogP contribution in [0.25, 0.3) is 11.1 Å². The number of aryl methyl sites for hydroxylation is 1. The van der Waals surface area contributed by atoms with Crippen molar-refractivity contribution in [3.63, 3.8) is 0 Å². The highest BCUT2D eigenvalue weighted by atomic mass is 19.1. The minimum Gasteiger partial charge on any atom is -0.492 e. The zero-order chi connectivity index (χ0) is 41.4. The zero-order valence-corrected chi connectivity index (χ0v) is 35.8. The number of nitrogens with one attached hydrogen (secondary N) is 1. The maximum Gasteiger partial charge on any atom is 0.333 e. The molecule has 9 heteroatoms. The Bertz CT molecular complexity index is 1710. The lowest BCUT2D eigenvalue weighted by atomic mass is 9.77. The molecule has 3 fully saturated rings. The lowest BCUT2D eigenvalue weighted by molar-refractivity contribution is -0.334. The first-order valence-electron chi connectivity index (χ1n) is 21.2. The number of benzene rings is 2. The minimum absolute atomic E-state index is 0.0160. The predicted octanol–water partition coefficient (Wildman–Crippen LogP) is 10.6. The summed E-state index contributed by atoms with van der Waals surface area (Å²) in [4.78, 5) is 24.7. The van der Waals surface area contributed by atoms with Crippen molar-refractivity contribution in [3.8, 4) is 16.9 Å². The highest BCUT2D eigenvalue weighted by molar-refractivity contribution is 5.87. The van der Waals surface area contributed by atoms with E-state index < -0.39 is 23.1 Å². The zero-order valence-electron chi connectivity index (χ0n) is 35.8. The summed E-state index contributed by atoms with van der Waals surface area (Å²) in [5.41, 5.74) is 2.60. The molecule has 0 aromatic heterocycles. The average molecular weight is 790 g/mol. The van der Waals surface area contributed by atoms with Gasteiger partial charge in [-0.2, -0.15) is 0 Å². The van der Waals surface area contributed by atoms with Crippen LogP contribution >= 0.6 is 0 Å². The van der Waals surface area contributed by atoms with Gasteiger partial charge < -0.3 is 29.0 Å². The number of carbonyl (C=O) groups excluding carboxylic acids is 2. The third-order valence-electron chi connectivity index (χ3n) is 11.8. The molecule has 0 bridgehead atoms. The van der Waals surface area contributed by atoms with Gasteiger partial charge in [0.05, 0.1) is 25.2 Å². The van der Waals surface area contributed by atoms with Crippen LogP contribution in [0.15, 0.2) is 60.7 Å². The van der Waals surface area contributed by atoms with E-state index in [0.29, 0.717) is 54.1 Å². The monoisotopic (exact) mass is 789 g/mol. The third-order valence-corrected chi connectivity index (χ3v) is 11.8. The lowest BCUT2D eigenvalue weighted by Crippen LogP contribution is -2.67. The molecule has 3 aliphatic rings. The topological polar surface area (TPSA) is 92.3 Å². The Morgan fingerprint density at radius 1 is 0.842 bits per heavy atom. The normalized spacial score (nSPS) is 22.0. The van der Waals surface area contributed by atoms with Crippen molar-refractivity contribution in [1.82, 2.24) is 5.32 Å². The summed E-state index contributed by atoms with van der Waals surface area (Å²) >= 11 is 0. The number of rotatable bonds is 17. The van der Waals surface area contributed by atoms with Gasteiger partial charge in [0.2, 0.25) is 0 Å². The molecular weight excluding hydrogens is 722 g/mol. The summed E-state index contributed by atoms with van der Waals surface area (Å²) in [6, 6.07) is 11.5. The summed E-state index contributed by atoms with van der Waals surface area (Å²) < 4.78 is 47.0. The first-order valence-corrected chi connectivity index (χ1v) is 21.2. The van der Waals surface area contributed by atoms with E-state index in [-0.39, 0.29) is 49.9 Å². The van der Waals surface area contributed by atoms with Crippen LogP contribution in [0.5, 0.6) is 5.75 Å². The van der Waals surface area contributed by atoms with Crippen molar-refractivity contribution < 1.29 is 37.7 Å². The SMILES string of the molecule is C=C(C)C(=O)OCCCc1cc(-c2ccc(C3CCC(CCCCC)CC3)cc2F)ccc1OCC1(COC(=O)C(=C)C)COC2(CC(C)(C)NC(C)(C)C2)OC1. The molecule has 57 heavy (non-hydrogen) atoms. The summed E-state index contributed by atoms with van der Waals surface area (Å²) in [7, 11) is 0. The van der Waals surface area contributed by atoms with E-state index in [2.05, 4.69) is 59.2 Å². The molecule has 0 atom stereocenters. The van der Waals surface area contributed by atoms with Gasteiger partial charge in [0.25, 0.3) is 0 Å². The molecule has 2 aromatic carbocycles. The van der Waals surface area contributed by atoms with Crippen LogP contribution in [0.1, 0.15) is 136 Å². The van der Waals surface area contributed by atoms with Gasteiger partial charge in [-0.25, -0.2) is 14.0 Å². The molecule has 2 aromatic rings. The Labute approximate surface area is 341 Å². The van der Waals surface area contributed by atoms with Crippen molar-refractivity contribution in [2.45, 2.75) is 148 Å². The number of esters is 2. The maximum absolute atomic E-state index is 16.0. The van der Waals surface area contributed by atoms with Gasteiger partial charge >= 0.3 is 11.9 Å². The summed E-state index contributed by atoms with van der Waals surface area (Å²) in [5.74, 6) is -0.160. The second-order valence-electron chi connectivity index (χ2n) is 18.7. The molecule has 8 nitrogen and oxygen atoms in total. The summed E-state index contributed by atoms with van der Waals surface area (Å²) in [6.45, 7) is 22.4. The highest BCUT2D eigenvalue weighted by Gasteiger charge is 2.54. The van der Waals surface area contributed by atoms with Crippen molar-refractivity contribution in [2.24, 2.45) is 11.3 Å². The van der Waals surface area contributed by atoms with Crippen LogP contribution in [-0.2, 0) is 35.0 Å². The maximum atomic E-state index is 16.0. The van der Waals surface area contributed by atoms with E-state index >= 15 is 4.39 Å². The molecule has 1 N–H and O–H groups in total. The number of ether oxygens (including phenoxy) is 5. The summed E-state index contributed by atoms with van der Waals surface area (Å²) in [5, 5.41) is 3.69. The average Bonchev–Trinajstić information content (AvgIpc) is 3.15. The molecular formula is C48H68FNO7. The molecule has 0 radical (unpaired) electrons. The smallest absolute Gasteiger partial charge is 0.333 e. The van der Waals surface area contributed by atoms with Crippen molar-refractivity contribution in [2.75, 3.05) is 33.0 Å². The van der Waals surface area contributed by atoms with Gasteiger partial charge in [-0.3, -0.25) is 0 Å². The highest BCUT2D eigenvalue weighted by Crippen LogP contribution is 2.45.